The van der Waals surface area contributed by atoms with Crippen molar-refractivity contribution in [2.24, 2.45) is 10.7 Å². The molecule has 3 N–H and O–H groups in total. The molecule has 1 aliphatic heterocycles. The molecular formula is C10H8F3N3OS. The first-order valence-electron chi connectivity index (χ1n) is 4.85. The molecule has 4 nitrogen and oxygen atoms in total. The minimum absolute atomic E-state index is 0.0751. The highest BCUT2D eigenvalue weighted by atomic mass is 32.2. The van der Waals surface area contributed by atoms with Gasteiger partial charge in [-0.15, -0.1) is 0 Å². The standard InChI is InChI=1S/C10H8F3N3OS/c11-10(12,13)18-6-3-1-5(2-4-6)7-8(14)16-9(17)15-7/h1-4,7H,(H3,14,15,16,17). The average Bonchev–Trinajstić information content (AvgIpc) is 2.57. The van der Waals surface area contributed by atoms with E-state index in [1.54, 1.807) is 0 Å². The third-order valence-electron chi connectivity index (χ3n) is 2.24. The average molecular weight is 275 g/mol. The van der Waals surface area contributed by atoms with E-state index in [2.05, 4.69) is 10.3 Å². The fourth-order valence-corrected chi connectivity index (χ4v) is 2.07. The molecule has 0 aliphatic carbocycles. The summed E-state index contributed by atoms with van der Waals surface area (Å²) in [6.07, 6.45) is 0. The lowest BCUT2D eigenvalue weighted by molar-refractivity contribution is -0.0328. The quantitative estimate of drug-likeness (QED) is 0.814. The number of amides is 2. The van der Waals surface area contributed by atoms with Gasteiger partial charge in [-0.3, -0.25) is 0 Å². The molecule has 2 amide bonds. The van der Waals surface area contributed by atoms with E-state index in [9.17, 15) is 18.0 Å². The van der Waals surface area contributed by atoms with Crippen LogP contribution < -0.4 is 11.1 Å². The van der Waals surface area contributed by atoms with E-state index in [0.717, 1.165) is 0 Å². The molecule has 0 radical (unpaired) electrons. The van der Waals surface area contributed by atoms with Crippen molar-refractivity contribution in [1.82, 2.24) is 5.32 Å². The predicted octanol–water partition coefficient (Wildman–Crippen LogP) is 2.42. The Kier molecular flexibility index (Phi) is 3.20. The highest BCUT2D eigenvalue weighted by Gasteiger charge is 2.29. The number of urea groups is 1. The highest BCUT2D eigenvalue weighted by molar-refractivity contribution is 8.00. The first-order valence-corrected chi connectivity index (χ1v) is 5.67. The van der Waals surface area contributed by atoms with Crippen LogP contribution in [0.1, 0.15) is 11.6 Å². The summed E-state index contributed by atoms with van der Waals surface area (Å²) < 4.78 is 36.4. The van der Waals surface area contributed by atoms with Gasteiger partial charge in [0.2, 0.25) is 0 Å². The number of benzene rings is 1. The molecule has 0 aromatic heterocycles. The summed E-state index contributed by atoms with van der Waals surface area (Å²) in [7, 11) is 0. The zero-order valence-corrected chi connectivity index (χ0v) is 9.68. The van der Waals surface area contributed by atoms with E-state index in [-0.39, 0.29) is 22.5 Å². The topological polar surface area (TPSA) is 67.5 Å². The highest BCUT2D eigenvalue weighted by Crippen LogP contribution is 2.37. The Labute approximate surface area is 104 Å². The summed E-state index contributed by atoms with van der Waals surface area (Å²) in [6.45, 7) is 0. The number of nitrogens with two attached hydrogens (primary N) is 1. The van der Waals surface area contributed by atoms with Gasteiger partial charge >= 0.3 is 11.5 Å². The van der Waals surface area contributed by atoms with Crippen molar-refractivity contribution >= 4 is 23.6 Å². The number of hydrogen-bond acceptors (Lipinski definition) is 3. The van der Waals surface area contributed by atoms with Crippen LogP contribution in [-0.4, -0.2) is 17.4 Å². The molecule has 1 unspecified atom stereocenters. The zero-order valence-electron chi connectivity index (χ0n) is 8.86. The molecule has 1 aromatic carbocycles. The van der Waals surface area contributed by atoms with Crippen LogP contribution >= 0.6 is 11.8 Å². The number of rotatable bonds is 2. The number of nitrogens with one attached hydrogen (secondary N) is 1. The lowest BCUT2D eigenvalue weighted by Crippen LogP contribution is -2.27. The number of nitrogens with zero attached hydrogens (tertiary/aromatic N) is 1. The van der Waals surface area contributed by atoms with Gasteiger partial charge in [0.15, 0.2) is 0 Å². The van der Waals surface area contributed by atoms with Gasteiger partial charge in [0.1, 0.15) is 11.9 Å². The third-order valence-corrected chi connectivity index (χ3v) is 2.98. The van der Waals surface area contributed by atoms with Crippen molar-refractivity contribution in [1.29, 1.82) is 0 Å². The van der Waals surface area contributed by atoms with Gasteiger partial charge < -0.3 is 11.1 Å². The first kappa shape index (κ1) is 12.7. The van der Waals surface area contributed by atoms with Crippen LogP contribution in [0.2, 0.25) is 0 Å². The second-order valence-corrected chi connectivity index (χ2v) is 4.67. The normalized spacial score (nSPS) is 19.6. The van der Waals surface area contributed by atoms with Gasteiger partial charge in [-0.25, -0.2) is 4.79 Å². The minimum atomic E-state index is -4.32. The summed E-state index contributed by atoms with van der Waals surface area (Å²) in [4.78, 5) is 14.5. The van der Waals surface area contributed by atoms with Gasteiger partial charge in [0, 0.05) is 4.90 Å². The van der Waals surface area contributed by atoms with Gasteiger partial charge in [-0.1, -0.05) is 12.1 Å². The van der Waals surface area contributed by atoms with Gasteiger partial charge in [-0.2, -0.15) is 18.2 Å². The molecule has 1 aromatic rings. The zero-order chi connectivity index (χ0) is 13.3. The largest absolute Gasteiger partial charge is 0.446 e. The van der Waals surface area contributed by atoms with E-state index < -0.39 is 17.6 Å². The number of aliphatic imine (C=N–C) groups is 1. The Balaban J connectivity index is 2.14. The summed E-state index contributed by atoms with van der Waals surface area (Å²) in [5, 5.41) is 2.49. The van der Waals surface area contributed by atoms with Gasteiger partial charge in [0.25, 0.3) is 0 Å². The number of amidine groups is 1. The molecule has 0 saturated carbocycles. The minimum Gasteiger partial charge on any atom is -0.385 e. The lowest BCUT2D eigenvalue weighted by atomic mass is 10.1. The van der Waals surface area contributed by atoms with Crippen LogP contribution in [-0.2, 0) is 0 Å². The molecule has 0 fully saturated rings. The predicted molar refractivity (Wildman–Crippen MR) is 61.2 cm³/mol. The lowest BCUT2D eigenvalue weighted by Gasteiger charge is -2.11. The second-order valence-electron chi connectivity index (χ2n) is 3.54. The Hall–Kier alpha value is -1.70. The molecule has 2 rings (SSSR count). The Morgan fingerprint density at radius 3 is 2.33 bits per heavy atom. The fourth-order valence-electron chi connectivity index (χ4n) is 1.53. The third kappa shape index (κ3) is 2.95. The molecule has 0 spiro atoms. The maximum absolute atomic E-state index is 12.1. The van der Waals surface area contributed by atoms with E-state index >= 15 is 0 Å². The Bertz CT molecular complexity index is 498. The van der Waals surface area contributed by atoms with Crippen molar-refractivity contribution < 1.29 is 18.0 Å². The van der Waals surface area contributed by atoms with Crippen LogP contribution in [0.4, 0.5) is 18.0 Å². The van der Waals surface area contributed by atoms with Crippen LogP contribution in [0, 0.1) is 0 Å². The molecule has 8 heteroatoms. The number of halogens is 3. The van der Waals surface area contributed by atoms with Crippen molar-refractivity contribution in [3.8, 4) is 0 Å². The van der Waals surface area contributed by atoms with E-state index in [1.165, 1.54) is 24.3 Å². The van der Waals surface area contributed by atoms with Crippen LogP contribution in [0.5, 0.6) is 0 Å². The van der Waals surface area contributed by atoms with Gasteiger partial charge in [-0.05, 0) is 29.5 Å². The summed E-state index contributed by atoms with van der Waals surface area (Å²) >= 11 is -0.196. The SMILES string of the molecule is NC1=NC(=O)NC1c1ccc(SC(F)(F)F)cc1. The van der Waals surface area contributed by atoms with Crippen LogP contribution in [0.3, 0.4) is 0 Å². The van der Waals surface area contributed by atoms with Gasteiger partial charge in [0.05, 0.1) is 0 Å². The summed E-state index contributed by atoms with van der Waals surface area (Å²) in [6, 6.07) is 4.49. The smallest absolute Gasteiger partial charge is 0.385 e. The van der Waals surface area contributed by atoms with Crippen molar-refractivity contribution in [2.75, 3.05) is 0 Å². The van der Waals surface area contributed by atoms with E-state index in [4.69, 9.17) is 5.73 Å². The summed E-state index contributed by atoms with van der Waals surface area (Å²) in [5.41, 5.74) is 1.80. The van der Waals surface area contributed by atoms with Crippen molar-refractivity contribution in [2.45, 2.75) is 16.4 Å². The maximum atomic E-state index is 12.1. The molecule has 18 heavy (non-hydrogen) atoms. The molecule has 1 aliphatic rings. The van der Waals surface area contributed by atoms with Crippen LogP contribution in [0.25, 0.3) is 0 Å². The van der Waals surface area contributed by atoms with Crippen molar-refractivity contribution in [3.05, 3.63) is 29.8 Å². The molecule has 0 bridgehead atoms. The van der Waals surface area contributed by atoms with Crippen molar-refractivity contribution in [3.63, 3.8) is 0 Å². The fraction of sp³-hybridized carbons (Fsp3) is 0.200. The van der Waals surface area contributed by atoms with E-state index in [0.29, 0.717) is 5.56 Å². The molecule has 1 atom stereocenters. The number of thioether (sulfide) groups is 1. The maximum Gasteiger partial charge on any atom is 0.446 e. The monoisotopic (exact) mass is 275 g/mol. The molecule has 96 valence electrons. The number of carbonyl (C=O) groups is 1. The number of carbonyl (C=O) groups excluding carboxylic acids is 1. The molecule has 1 heterocycles. The second kappa shape index (κ2) is 4.52. The number of hydrogen-bond donors (Lipinski definition) is 2. The summed E-state index contributed by atoms with van der Waals surface area (Å²) in [5.74, 6) is 0.108. The Morgan fingerprint density at radius 2 is 1.89 bits per heavy atom. The molecular weight excluding hydrogens is 267 g/mol. The first-order chi connectivity index (χ1) is 8.35. The Morgan fingerprint density at radius 1 is 1.28 bits per heavy atom. The number of alkyl halides is 3. The van der Waals surface area contributed by atoms with E-state index in [1.807, 2.05) is 0 Å². The molecule has 0 saturated heterocycles. The van der Waals surface area contributed by atoms with Crippen LogP contribution in [0.15, 0.2) is 34.2 Å².